The summed E-state index contributed by atoms with van der Waals surface area (Å²) >= 11 is 5.90. The lowest BCUT2D eigenvalue weighted by atomic mass is 10.1. The first-order valence-electron chi connectivity index (χ1n) is 10.5. The van der Waals surface area contributed by atoms with Crippen molar-refractivity contribution in [1.82, 2.24) is 9.55 Å². The first kappa shape index (κ1) is 24.6. The van der Waals surface area contributed by atoms with Crippen molar-refractivity contribution in [3.63, 3.8) is 0 Å². The zero-order valence-corrected chi connectivity index (χ0v) is 19.7. The summed E-state index contributed by atoms with van der Waals surface area (Å²) in [4.78, 5) is 28.3. The molecule has 174 valence electrons. The van der Waals surface area contributed by atoms with E-state index in [4.69, 9.17) is 21.1 Å². The third-order valence-corrected chi connectivity index (χ3v) is 5.19. The SMILES string of the molecule is CCOc1ccc(-n2c(C)cc(/C=C(\C#N)C(=O)OCC(=O)Nc3cccnc3Cl)c2C)cc1. The number of hydrogen-bond donors (Lipinski definition) is 1. The average molecular weight is 479 g/mol. The lowest BCUT2D eigenvalue weighted by Gasteiger charge is -2.11. The predicted octanol–water partition coefficient (Wildman–Crippen LogP) is 4.63. The largest absolute Gasteiger partial charge is 0.494 e. The van der Waals surface area contributed by atoms with Crippen LogP contribution in [0.2, 0.25) is 5.15 Å². The zero-order chi connectivity index (χ0) is 24.7. The van der Waals surface area contributed by atoms with E-state index in [1.54, 1.807) is 12.1 Å². The summed E-state index contributed by atoms with van der Waals surface area (Å²) in [6, 6.07) is 14.5. The van der Waals surface area contributed by atoms with Gasteiger partial charge in [-0.05, 0) is 74.9 Å². The highest BCUT2D eigenvalue weighted by Crippen LogP contribution is 2.24. The van der Waals surface area contributed by atoms with Crippen LogP contribution in [0.4, 0.5) is 5.69 Å². The van der Waals surface area contributed by atoms with Crippen molar-refractivity contribution >= 4 is 35.2 Å². The summed E-state index contributed by atoms with van der Waals surface area (Å²) in [6.07, 6.45) is 2.93. The van der Waals surface area contributed by atoms with Gasteiger partial charge >= 0.3 is 5.97 Å². The van der Waals surface area contributed by atoms with Gasteiger partial charge in [0.2, 0.25) is 0 Å². The summed E-state index contributed by atoms with van der Waals surface area (Å²) in [5, 5.41) is 12.1. The number of nitrogens with zero attached hydrogens (tertiary/aromatic N) is 3. The molecule has 2 heterocycles. The highest BCUT2D eigenvalue weighted by molar-refractivity contribution is 6.32. The highest BCUT2D eigenvalue weighted by atomic mass is 35.5. The Morgan fingerprint density at radius 1 is 1.24 bits per heavy atom. The maximum Gasteiger partial charge on any atom is 0.349 e. The number of ether oxygens (including phenoxy) is 2. The van der Waals surface area contributed by atoms with Gasteiger partial charge in [0.05, 0.1) is 12.3 Å². The van der Waals surface area contributed by atoms with Crippen LogP contribution in [0.5, 0.6) is 5.75 Å². The molecule has 0 saturated heterocycles. The number of esters is 1. The second kappa shape index (κ2) is 11.2. The van der Waals surface area contributed by atoms with Gasteiger partial charge in [-0.1, -0.05) is 11.6 Å². The van der Waals surface area contributed by atoms with E-state index >= 15 is 0 Å². The van der Waals surface area contributed by atoms with E-state index in [-0.39, 0.29) is 10.7 Å². The highest BCUT2D eigenvalue weighted by Gasteiger charge is 2.16. The Kier molecular flexibility index (Phi) is 8.06. The Balaban J connectivity index is 1.72. The molecule has 1 N–H and O–H groups in total. The smallest absolute Gasteiger partial charge is 0.349 e. The first-order chi connectivity index (χ1) is 16.3. The van der Waals surface area contributed by atoms with Crippen LogP contribution in [0.15, 0.2) is 54.2 Å². The lowest BCUT2D eigenvalue weighted by Crippen LogP contribution is -2.21. The number of pyridine rings is 1. The Hall–Kier alpha value is -4.09. The van der Waals surface area contributed by atoms with Crippen LogP contribution in [-0.4, -0.2) is 34.6 Å². The van der Waals surface area contributed by atoms with E-state index in [1.165, 1.54) is 12.3 Å². The predicted molar refractivity (Wildman–Crippen MR) is 129 cm³/mol. The maximum absolute atomic E-state index is 12.4. The molecule has 34 heavy (non-hydrogen) atoms. The van der Waals surface area contributed by atoms with Crippen molar-refractivity contribution in [2.45, 2.75) is 20.8 Å². The molecule has 2 aromatic heterocycles. The molecule has 0 aliphatic carbocycles. The lowest BCUT2D eigenvalue weighted by molar-refractivity contribution is -0.142. The number of nitriles is 1. The second-order valence-corrected chi connectivity index (χ2v) is 7.58. The number of rotatable bonds is 8. The average Bonchev–Trinajstić information content (AvgIpc) is 3.10. The van der Waals surface area contributed by atoms with E-state index in [2.05, 4.69) is 10.3 Å². The number of hydrogen-bond acceptors (Lipinski definition) is 6. The minimum absolute atomic E-state index is 0.114. The number of aryl methyl sites for hydroxylation is 1. The standard InChI is InChI=1S/C25H23ClN4O4/c1-4-33-21-9-7-20(8-10-21)30-16(2)12-18(17(30)3)13-19(14-27)25(32)34-15-23(31)29-22-6-5-11-28-24(22)26/h5-13H,4,15H2,1-3H3,(H,29,31)/b19-13+. The molecule has 0 bridgehead atoms. The fourth-order valence-corrected chi connectivity index (χ4v) is 3.52. The fourth-order valence-electron chi connectivity index (χ4n) is 3.36. The number of anilines is 1. The zero-order valence-electron chi connectivity index (χ0n) is 19.0. The molecule has 8 nitrogen and oxygen atoms in total. The number of benzene rings is 1. The van der Waals surface area contributed by atoms with Crippen LogP contribution in [0.25, 0.3) is 11.8 Å². The molecule has 3 aromatic rings. The molecule has 3 rings (SSSR count). The Morgan fingerprint density at radius 2 is 1.97 bits per heavy atom. The van der Waals surface area contributed by atoms with E-state index in [1.807, 2.05) is 61.7 Å². The summed E-state index contributed by atoms with van der Waals surface area (Å²) in [6.45, 7) is 5.75. The van der Waals surface area contributed by atoms with Gasteiger partial charge in [-0.15, -0.1) is 0 Å². The Labute approximate surface area is 202 Å². The van der Waals surface area contributed by atoms with Crippen LogP contribution >= 0.6 is 11.6 Å². The summed E-state index contributed by atoms with van der Waals surface area (Å²) in [7, 11) is 0. The van der Waals surface area contributed by atoms with E-state index in [9.17, 15) is 14.9 Å². The van der Waals surface area contributed by atoms with E-state index in [0.29, 0.717) is 17.9 Å². The molecular formula is C25H23ClN4O4. The fraction of sp³-hybridized carbons (Fsp3) is 0.200. The summed E-state index contributed by atoms with van der Waals surface area (Å²) in [5.74, 6) is -0.729. The third-order valence-electron chi connectivity index (χ3n) is 4.88. The third kappa shape index (κ3) is 5.82. The molecule has 0 aliphatic rings. The second-order valence-electron chi connectivity index (χ2n) is 7.22. The molecule has 0 fully saturated rings. The molecule has 9 heteroatoms. The van der Waals surface area contributed by atoms with Crippen LogP contribution in [0, 0.1) is 25.2 Å². The molecule has 1 aromatic carbocycles. The maximum atomic E-state index is 12.4. The summed E-state index contributed by atoms with van der Waals surface area (Å²) < 4.78 is 12.5. The van der Waals surface area contributed by atoms with Gasteiger partial charge in [-0.3, -0.25) is 4.79 Å². The number of aromatic nitrogens is 2. The van der Waals surface area contributed by atoms with Crippen molar-refractivity contribution in [2.75, 3.05) is 18.5 Å². The number of amides is 1. The van der Waals surface area contributed by atoms with Crippen molar-refractivity contribution in [3.8, 4) is 17.5 Å². The normalized spacial score (nSPS) is 11.0. The van der Waals surface area contributed by atoms with E-state index < -0.39 is 18.5 Å². The van der Waals surface area contributed by atoms with Gasteiger partial charge in [-0.2, -0.15) is 5.26 Å². The summed E-state index contributed by atoms with van der Waals surface area (Å²) in [5.41, 5.74) is 3.44. The topological polar surface area (TPSA) is 106 Å². The number of halogens is 1. The Morgan fingerprint density at radius 3 is 2.62 bits per heavy atom. The van der Waals surface area contributed by atoms with Crippen molar-refractivity contribution in [2.24, 2.45) is 0 Å². The van der Waals surface area contributed by atoms with Crippen molar-refractivity contribution < 1.29 is 19.1 Å². The molecule has 0 aliphatic heterocycles. The number of nitrogens with one attached hydrogen (secondary N) is 1. The van der Waals surface area contributed by atoms with Crippen LogP contribution in [-0.2, 0) is 14.3 Å². The minimum Gasteiger partial charge on any atom is -0.494 e. The molecule has 0 spiro atoms. The van der Waals surface area contributed by atoms with Crippen LogP contribution in [0.3, 0.4) is 0 Å². The molecule has 0 radical (unpaired) electrons. The molecule has 0 unspecified atom stereocenters. The van der Waals surface area contributed by atoms with Crippen molar-refractivity contribution in [3.05, 3.63) is 76.3 Å². The molecule has 0 saturated carbocycles. The quantitative estimate of drug-likeness (QED) is 0.219. The molecular weight excluding hydrogens is 456 g/mol. The van der Waals surface area contributed by atoms with Crippen LogP contribution < -0.4 is 10.1 Å². The monoisotopic (exact) mass is 478 g/mol. The molecule has 1 amide bonds. The molecule has 0 atom stereocenters. The van der Waals surface area contributed by atoms with Gasteiger partial charge in [0, 0.05) is 23.3 Å². The van der Waals surface area contributed by atoms with Gasteiger partial charge in [0.25, 0.3) is 5.91 Å². The number of carbonyl (C=O) groups excluding carboxylic acids is 2. The van der Waals surface area contributed by atoms with E-state index in [0.717, 1.165) is 22.8 Å². The van der Waals surface area contributed by atoms with Crippen molar-refractivity contribution in [1.29, 1.82) is 5.26 Å². The number of carbonyl (C=O) groups is 2. The van der Waals surface area contributed by atoms with Gasteiger partial charge in [0.15, 0.2) is 11.8 Å². The van der Waals surface area contributed by atoms with Gasteiger partial charge in [0.1, 0.15) is 17.4 Å². The van der Waals surface area contributed by atoms with Gasteiger partial charge < -0.3 is 19.4 Å². The minimum atomic E-state index is -0.902. The van der Waals surface area contributed by atoms with Gasteiger partial charge in [-0.25, -0.2) is 9.78 Å². The van der Waals surface area contributed by atoms with Crippen LogP contribution in [0.1, 0.15) is 23.9 Å². The Bertz CT molecular complexity index is 1270. The first-order valence-corrected chi connectivity index (χ1v) is 10.8.